The van der Waals surface area contributed by atoms with E-state index in [4.69, 9.17) is 9.72 Å². The minimum atomic E-state index is -4.42. The van der Waals surface area contributed by atoms with Crippen LogP contribution in [0.1, 0.15) is 54.2 Å². The van der Waals surface area contributed by atoms with Gasteiger partial charge in [0.15, 0.2) is 0 Å². The lowest BCUT2D eigenvalue weighted by Gasteiger charge is -2.28. The number of alkyl halides is 3. The third-order valence-electron chi connectivity index (χ3n) is 7.83. The van der Waals surface area contributed by atoms with Crippen molar-refractivity contribution >= 4 is 27.9 Å². The fourth-order valence-corrected chi connectivity index (χ4v) is 5.73. The molecule has 3 aromatic carbocycles. The van der Waals surface area contributed by atoms with Crippen molar-refractivity contribution in [2.45, 2.75) is 50.9 Å². The molecule has 0 amide bonds. The second-order valence-electron chi connectivity index (χ2n) is 10.5. The number of benzene rings is 3. The van der Waals surface area contributed by atoms with Crippen molar-refractivity contribution in [3.63, 3.8) is 0 Å². The number of ether oxygens (including phenoxy) is 1. The van der Waals surface area contributed by atoms with Crippen LogP contribution in [0.4, 0.5) is 13.2 Å². The number of para-hydroxylation sites is 1. The molecule has 0 saturated heterocycles. The van der Waals surface area contributed by atoms with Crippen molar-refractivity contribution in [1.29, 1.82) is 0 Å². The number of hydrogen-bond acceptors (Lipinski definition) is 4. The van der Waals surface area contributed by atoms with Crippen molar-refractivity contribution < 1.29 is 27.8 Å². The average molecular weight is 560 g/mol. The number of carboxylic acids is 1. The highest BCUT2D eigenvalue weighted by Crippen LogP contribution is 2.39. The third-order valence-corrected chi connectivity index (χ3v) is 7.83. The zero-order valence-corrected chi connectivity index (χ0v) is 22.1. The summed E-state index contributed by atoms with van der Waals surface area (Å²) in [6.45, 7) is 0.535. The number of halogens is 3. The Hall–Kier alpha value is -4.40. The Labute approximate surface area is 234 Å². The van der Waals surface area contributed by atoms with Crippen LogP contribution in [-0.2, 0) is 24.1 Å². The number of fused-ring (bicyclic) bond motifs is 2. The molecule has 0 radical (unpaired) electrons. The maximum atomic E-state index is 13.1. The van der Waals surface area contributed by atoms with Gasteiger partial charge in [-0.15, -0.1) is 0 Å². The predicted octanol–water partition coefficient (Wildman–Crippen LogP) is 7.59. The fraction of sp³-hybridized carbons (Fsp3) is 0.281. The van der Waals surface area contributed by atoms with Crippen LogP contribution < -0.4 is 4.74 Å². The molecular formula is C32H28F3N3O3. The zero-order chi connectivity index (χ0) is 28.6. The molecule has 0 spiro atoms. The number of hydrogen-bond donors (Lipinski definition) is 1. The maximum absolute atomic E-state index is 13.1. The number of carbonyl (C=O) groups is 1. The quantitative estimate of drug-likeness (QED) is 0.222. The molecule has 2 heterocycles. The minimum Gasteiger partial charge on any atom is -0.487 e. The van der Waals surface area contributed by atoms with Crippen molar-refractivity contribution in [1.82, 2.24) is 14.5 Å². The van der Waals surface area contributed by atoms with E-state index in [0.29, 0.717) is 35.5 Å². The Bertz CT molecular complexity index is 1710. The van der Waals surface area contributed by atoms with E-state index in [1.54, 1.807) is 0 Å². The van der Waals surface area contributed by atoms with Gasteiger partial charge in [-0.3, -0.25) is 4.79 Å². The number of carboxylic acid groups (broad SMARTS) is 1. The van der Waals surface area contributed by atoms with Gasteiger partial charge < -0.3 is 14.4 Å². The second kappa shape index (κ2) is 10.9. The highest BCUT2D eigenvalue weighted by molar-refractivity contribution is 5.79. The number of pyridine rings is 1. The van der Waals surface area contributed by atoms with Gasteiger partial charge in [0.1, 0.15) is 18.2 Å². The lowest BCUT2D eigenvalue weighted by molar-refractivity contribution is -0.143. The molecule has 0 aliphatic heterocycles. The Morgan fingerprint density at radius 3 is 2.49 bits per heavy atom. The molecule has 2 atom stereocenters. The average Bonchev–Trinajstić information content (AvgIpc) is 3.33. The molecule has 0 bridgehead atoms. The topological polar surface area (TPSA) is 77.2 Å². The highest BCUT2D eigenvalue weighted by atomic mass is 19.4. The summed E-state index contributed by atoms with van der Waals surface area (Å²) in [7, 11) is 0. The van der Waals surface area contributed by atoms with Crippen LogP contribution in [0.5, 0.6) is 5.75 Å². The number of rotatable bonds is 7. The van der Waals surface area contributed by atoms with E-state index < -0.39 is 23.6 Å². The number of nitrogens with zero attached hydrogens (tertiary/aromatic N) is 3. The summed E-state index contributed by atoms with van der Waals surface area (Å²) < 4.78 is 47.4. The second-order valence-corrected chi connectivity index (χ2v) is 10.5. The summed E-state index contributed by atoms with van der Waals surface area (Å²) in [5.41, 5.74) is 3.04. The largest absolute Gasteiger partial charge is 0.487 e. The van der Waals surface area contributed by atoms with Gasteiger partial charge in [0.2, 0.25) is 0 Å². The molecule has 9 heteroatoms. The van der Waals surface area contributed by atoms with Gasteiger partial charge in [0.25, 0.3) is 0 Å². The van der Waals surface area contributed by atoms with E-state index in [9.17, 15) is 23.1 Å². The van der Waals surface area contributed by atoms with Gasteiger partial charge in [-0.25, -0.2) is 9.97 Å². The van der Waals surface area contributed by atoms with Crippen molar-refractivity contribution in [2.75, 3.05) is 0 Å². The first kappa shape index (κ1) is 26.8. The smallest absolute Gasteiger partial charge is 0.416 e. The summed E-state index contributed by atoms with van der Waals surface area (Å²) in [6.07, 6.45) is -1.43. The lowest BCUT2D eigenvalue weighted by Crippen LogP contribution is -2.27. The van der Waals surface area contributed by atoms with E-state index in [-0.39, 0.29) is 19.1 Å². The molecule has 1 saturated carbocycles. The molecule has 1 fully saturated rings. The number of aliphatic carboxylic acids is 1. The zero-order valence-electron chi connectivity index (χ0n) is 22.1. The van der Waals surface area contributed by atoms with E-state index in [1.165, 1.54) is 12.1 Å². The summed E-state index contributed by atoms with van der Waals surface area (Å²) in [5, 5.41) is 11.0. The van der Waals surface area contributed by atoms with Crippen LogP contribution in [0.25, 0.3) is 21.9 Å². The molecule has 2 unspecified atom stereocenters. The molecule has 1 N–H and O–H groups in total. The monoisotopic (exact) mass is 559 g/mol. The van der Waals surface area contributed by atoms with Crippen LogP contribution in [0.2, 0.25) is 0 Å². The lowest BCUT2D eigenvalue weighted by atomic mass is 9.78. The van der Waals surface area contributed by atoms with Crippen LogP contribution in [-0.4, -0.2) is 25.6 Å². The Morgan fingerprint density at radius 2 is 1.71 bits per heavy atom. The molecule has 6 nitrogen and oxygen atoms in total. The molecule has 6 rings (SSSR count). The van der Waals surface area contributed by atoms with E-state index in [0.717, 1.165) is 47.1 Å². The molecular weight excluding hydrogens is 531 g/mol. The van der Waals surface area contributed by atoms with Crippen molar-refractivity contribution in [2.24, 2.45) is 5.92 Å². The normalized spacial score (nSPS) is 17.6. The van der Waals surface area contributed by atoms with E-state index >= 15 is 0 Å². The summed E-state index contributed by atoms with van der Waals surface area (Å²) in [5.74, 6) is -0.484. The minimum absolute atomic E-state index is 0.263. The molecule has 41 heavy (non-hydrogen) atoms. The first-order valence-corrected chi connectivity index (χ1v) is 13.6. The standard InChI is InChI=1S/C32H28F3N3O3/c33-32(34,35)22-12-9-20(10-13-22)18-38-29-16-15-24(41-19-23-14-11-21-5-1-4-8-27(21)36-23)17-28(29)37-30(38)25-6-2-3-7-26(25)31(39)40/h1,4-5,8-17,25-26H,2-3,6-7,18-19H2,(H,39,40). The first-order chi connectivity index (χ1) is 19.8. The van der Waals surface area contributed by atoms with Gasteiger partial charge in [-0.05, 0) is 54.8 Å². The summed E-state index contributed by atoms with van der Waals surface area (Å²) >= 11 is 0. The van der Waals surface area contributed by atoms with Crippen LogP contribution in [0.15, 0.2) is 78.9 Å². The van der Waals surface area contributed by atoms with Gasteiger partial charge >= 0.3 is 12.1 Å². The van der Waals surface area contributed by atoms with Crippen LogP contribution in [0.3, 0.4) is 0 Å². The summed E-state index contributed by atoms with van der Waals surface area (Å²) in [6, 6.07) is 22.4. The Balaban J connectivity index is 1.33. The third kappa shape index (κ3) is 5.62. The van der Waals surface area contributed by atoms with E-state index in [1.807, 2.05) is 59.2 Å². The van der Waals surface area contributed by atoms with Crippen molar-refractivity contribution in [3.8, 4) is 5.75 Å². The SMILES string of the molecule is O=C(O)C1CCCCC1c1nc2cc(OCc3ccc4ccccc4n3)ccc2n1Cc1ccc(C(F)(F)F)cc1. The van der Waals surface area contributed by atoms with Crippen LogP contribution >= 0.6 is 0 Å². The van der Waals surface area contributed by atoms with Crippen molar-refractivity contribution in [3.05, 3.63) is 102 Å². The maximum Gasteiger partial charge on any atom is 0.416 e. The van der Waals surface area contributed by atoms with Crippen LogP contribution in [0, 0.1) is 5.92 Å². The molecule has 5 aromatic rings. The fourth-order valence-electron chi connectivity index (χ4n) is 5.73. The molecule has 1 aliphatic carbocycles. The molecule has 210 valence electrons. The van der Waals surface area contributed by atoms with E-state index in [2.05, 4.69) is 4.98 Å². The highest BCUT2D eigenvalue weighted by Gasteiger charge is 2.35. The molecule has 2 aromatic heterocycles. The predicted molar refractivity (Wildman–Crippen MR) is 149 cm³/mol. The number of aromatic nitrogens is 3. The number of imidazole rings is 1. The van der Waals surface area contributed by atoms with Gasteiger partial charge in [0, 0.05) is 23.9 Å². The Morgan fingerprint density at radius 1 is 0.927 bits per heavy atom. The van der Waals surface area contributed by atoms with Gasteiger partial charge in [-0.1, -0.05) is 49.2 Å². The molecule has 1 aliphatic rings. The van der Waals surface area contributed by atoms with Gasteiger partial charge in [-0.2, -0.15) is 13.2 Å². The Kier molecular flexibility index (Phi) is 7.11. The summed E-state index contributed by atoms with van der Waals surface area (Å²) in [4.78, 5) is 21.7. The first-order valence-electron chi connectivity index (χ1n) is 13.6. The van der Waals surface area contributed by atoms with Gasteiger partial charge in [0.05, 0.1) is 33.7 Å².